The number of hydrogen-bond acceptors (Lipinski definition) is 8. The van der Waals surface area contributed by atoms with Gasteiger partial charge in [-0.3, -0.25) is 19.2 Å². The van der Waals surface area contributed by atoms with Crippen LogP contribution in [0.5, 0.6) is 0 Å². The van der Waals surface area contributed by atoms with Crippen LogP contribution in [0.25, 0.3) is 6.08 Å². The zero-order valence-corrected chi connectivity index (χ0v) is 25.2. The van der Waals surface area contributed by atoms with Crippen LogP contribution in [0.4, 0.5) is 0 Å². The van der Waals surface area contributed by atoms with Crippen LogP contribution in [0, 0.1) is 0 Å². The fourth-order valence-electron chi connectivity index (χ4n) is 5.49. The van der Waals surface area contributed by atoms with E-state index < -0.39 is 28.0 Å². The maximum Gasteiger partial charge on any atom is 0.289 e. The number of nitrogens with zero attached hydrogens (tertiary/aromatic N) is 4. The molecule has 2 aromatic heterocycles. The maximum absolute atomic E-state index is 13.4. The molecule has 3 fully saturated rings. The molecule has 226 valence electrons. The van der Waals surface area contributed by atoms with Crippen LogP contribution in [-0.4, -0.2) is 110 Å². The lowest BCUT2D eigenvalue weighted by Crippen LogP contribution is -2.57. The van der Waals surface area contributed by atoms with Gasteiger partial charge in [-0.15, -0.1) is 11.3 Å². The second-order valence-corrected chi connectivity index (χ2v) is 13.7. The Hall–Kier alpha value is -3.20. The number of rotatable bonds is 8. The van der Waals surface area contributed by atoms with Gasteiger partial charge in [-0.1, -0.05) is 11.6 Å². The van der Waals surface area contributed by atoms with E-state index in [-0.39, 0.29) is 30.0 Å². The highest BCUT2D eigenvalue weighted by atomic mass is 35.5. The average Bonchev–Trinajstić information content (AvgIpc) is 3.76. The quantitative estimate of drug-likeness (QED) is 0.466. The normalized spacial score (nSPS) is 21.9. The minimum absolute atomic E-state index is 0.166. The monoisotopic (exact) mass is 637 g/mol. The zero-order valence-electron chi connectivity index (χ0n) is 22.8. The molecular weight excluding hydrogens is 606 g/mol. The van der Waals surface area contributed by atoms with E-state index in [0.717, 1.165) is 5.41 Å². The number of hydrogen-bond donors (Lipinski definition) is 1. The summed E-state index contributed by atoms with van der Waals surface area (Å²) in [5.41, 5.74) is 0. The number of nitrogens with one attached hydrogen (secondary N) is 1. The van der Waals surface area contributed by atoms with Gasteiger partial charge < -0.3 is 24.0 Å². The van der Waals surface area contributed by atoms with Crippen LogP contribution in [0.15, 0.2) is 40.4 Å². The number of piperazine rings is 1. The Morgan fingerprint density at radius 1 is 1.02 bits per heavy atom. The lowest BCUT2D eigenvalue weighted by molar-refractivity contribution is -0.148. The van der Waals surface area contributed by atoms with Crippen molar-refractivity contribution in [3.8, 4) is 0 Å². The van der Waals surface area contributed by atoms with E-state index in [1.54, 1.807) is 34.1 Å². The number of carbonyl (C=O) groups is 4. The van der Waals surface area contributed by atoms with Crippen molar-refractivity contribution in [3.63, 3.8) is 0 Å². The maximum atomic E-state index is 13.4. The van der Waals surface area contributed by atoms with Crippen molar-refractivity contribution in [1.29, 1.82) is 0 Å². The van der Waals surface area contributed by atoms with Crippen molar-refractivity contribution >= 4 is 62.7 Å². The lowest BCUT2D eigenvalue weighted by Gasteiger charge is -2.37. The van der Waals surface area contributed by atoms with Gasteiger partial charge in [-0.2, -0.15) is 4.72 Å². The summed E-state index contributed by atoms with van der Waals surface area (Å²) in [5, 5.41) is 1.000. The van der Waals surface area contributed by atoms with Gasteiger partial charge in [-0.05, 0) is 56.0 Å². The van der Waals surface area contributed by atoms with Gasteiger partial charge in [-0.25, -0.2) is 8.42 Å². The van der Waals surface area contributed by atoms with Gasteiger partial charge >= 0.3 is 0 Å². The summed E-state index contributed by atoms with van der Waals surface area (Å²) in [6.07, 6.45) is 4.89. The third-order valence-corrected chi connectivity index (χ3v) is 9.94. The second kappa shape index (κ2) is 13.0. The van der Waals surface area contributed by atoms with E-state index in [2.05, 4.69) is 4.72 Å². The van der Waals surface area contributed by atoms with Crippen LogP contribution in [-0.2, 0) is 24.4 Å². The van der Waals surface area contributed by atoms with Crippen LogP contribution in [0.1, 0.15) is 41.1 Å². The standard InChI is InChI=1S/C27H32ClN5O7S2/c28-23-8-7-19(41-23)9-17-42(38,39)29-20-4-1-10-32(25(20)35)18-24(34)33-11-2-5-21(33)26(36)30-12-14-31(15-13-30)27(37)22-6-3-16-40-22/h3,6-9,16-17,20-21,29H,1-2,4-5,10-15,18H2/b17-9+/t20-,21-/m0/s1. The third kappa shape index (κ3) is 7.05. The molecule has 0 spiro atoms. The number of amides is 4. The summed E-state index contributed by atoms with van der Waals surface area (Å²) in [7, 11) is -3.92. The number of furan rings is 1. The van der Waals surface area contributed by atoms with Crippen molar-refractivity contribution in [2.45, 2.75) is 37.8 Å². The smallest absolute Gasteiger partial charge is 0.289 e. The Morgan fingerprint density at radius 3 is 2.45 bits per heavy atom. The SMILES string of the molecule is O=C(c1ccco1)N1CCN(C(=O)[C@@H]2CCCN2C(=O)CN2CCC[C@H](NS(=O)(=O)/C=C/c3ccc(Cl)s3)C2=O)CC1. The molecule has 0 unspecified atom stereocenters. The first kappa shape index (κ1) is 30.3. The molecule has 0 aromatic carbocycles. The molecule has 5 heterocycles. The topological polar surface area (TPSA) is 141 Å². The van der Waals surface area contributed by atoms with Crippen molar-refractivity contribution < 1.29 is 32.0 Å². The molecule has 12 nitrogen and oxygen atoms in total. The third-order valence-electron chi connectivity index (χ3n) is 7.64. The van der Waals surface area contributed by atoms with Crippen molar-refractivity contribution in [2.24, 2.45) is 0 Å². The Morgan fingerprint density at radius 2 is 1.76 bits per heavy atom. The summed E-state index contributed by atoms with van der Waals surface area (Å²) < 4.78 is 33.4. The largest absolute Gasteiger partial charge is 0.459 e. The molecule has 3 saturated heterocycles. The molecule has 0 radical (unpaired) electrons. The number of thiophene rings is 1. The predicted octanol–water partition coefficient (Wildman–Crippen LogP) is 1.85. The van der Waals surface area contributed by atoms with E-state index in [4.69, 9.17) is 16.0 Å². The molecule has 2 atom stereocenters. The number of carbonyl (C=O) groups excluding carboxylic acids is 4. The molecule has 0 saturated carbocycles. The number of piperidine rings is 1. The first-order chi connectivity index (χ1) is 20.1. The fraction of sp³-hybridized carbons (Fsp3) is 0.481. The Kier molecular flexibility index (Phi) is 9.35. The van der Waals surface area contributed by atoms with Gasteiger partial charge in [0, 0.05) is 49.6 Å². The summed E-state index contributed by atoms with van der Waals surface area (Å²) in [5.74, 6) is -0.945. The van der Waals surface area contributed by atoms with Gasteiger partial charge in [0.15, 0.2) is 5.76 Å². The highest BCUT2D eigenvalue weighted by Crippen LogP contribution is 2.24. The summed E-state index contributed by atoms with van der Waals surface area (Å²) >= 11 is 7.12. The molecule has 1 N–H and O–H groups in total. The zero-order chi connectivity index (χ0) is 29.9. The van der Waals surface area contributed by atoms with Crippen LogP contribution in [0.3, 0.4) is 0 Å². The van der Waals surface area contributed by atoms with E-state index in [1.807, 2.05) is 0 Å². The van der Waals surface area contributed by atoms with E-state index >= 15 is 0 Å². The summed E-state index contributed by atoms with van der Waals surface area (Å²) in [6, 6.07) is 5.00. The van der Waals surface area contributed by atoms with Crippen molar-refractivity contribution in [2.75, 3.05) is 45.8 Å². The Labute approximate surface area is 252 Å². The summed E-state index contributed by atoms with van der Waals surface area (Å²) in [4.78, 5) is 59.3. The van der Waals surface area contributed by atoms with Crippen molar-refractivity contribution in [1.82, 2.24) is 24.3 Å². The molecule has 42 heavy (non-hydrogen) atoms. The van der Waals surface area contributed by atoms with E-state index in [0.29, 0.717) is 74.2 Å². The minimum Gasteiger partial charge on any atom is -0.459 e. The Balaban J connectivity index is 1.14. The van der Waals surface area contributed by atoms with Crippen LogP contribution < -0.4 is 4.72 Å². The molecule has 3 aliphatic heterocycles. The van der Waals surface area contributed by atoms with Crippen LogP contribution >= 0.6 is 22.9 Å². The molecule has 2 aromatic rings. The molecule has 4 amide bonds. The molecule has 15 heteroatoms. The van der Waals surface area contributed by atoms with Crippen molar-refractivity contribution in [3.05, 3.63) is 50.9 Å². The van der Waals surface area contributed by atoms with E-state index in [9.17, 15) is 27.6 Å². The average molecular weight is 638 g/mol. The minimum atomic E-state index is -3.92. The van der Waals surface area contributed by atoms with Crippen LogP contribution in [0.2, 0.25) is 4.34 Å². The molecular formula is C27H32ClN5O7S2. The first-order valence-electron chi connectivity index (χ1n) is 13.8. The van der Waals surface area contributed by atoms with Gasteiger partial charge in [0.25, 0.3) is 5.91 Å². The second-order valence-electron chi connectivity index (χ2n) is 10.4. The molecule has 0 bridgehead atoms. The number of sulfonamides is 1. The predicted molar refractivity (Wildman–Crippen MR) is 156 cm³/mol. The van der Waals surface area contributed by atoms with E-state index in [1.165, 1.54) is 33.5 Å². The highest BCUT2D eigenvalue weighted by molar-refractivity contribution is 7.92. The first-order valence-corrected chi connectivity index (χ1v) is 16.5. The molecule has 0 aliphatic carbocycles. The highest BCUT2D eigenvalue weighted by Gasteiger charge is 2.40. The fourth-order valence-corrected chi connectivity index (χ4v) is 7.56. The van der Waals surface area contributed by atoms with Gasteiger partial charge in [0.2, 0.25) is 27.7 Å². The molecule has 3 aliphatic rings. The lowest BCUT2D eigenvalue weighted by atomic mass is 10.1. The van der Waals surface area contributed by atoms with Gasteiger partial charge in [0.1, 0.15) is 12.1 Å². The number of halogens is 1. The van der Waals surface area contributed by atoms with Gasteiger partial charge in [0.05, 0.1) is 17.1 Å². The summed E-state index contributed by atoms with van der Waals surface area (Å²) in [6.45, 7) is 1.93. The number of likely N-dealkylation sites (tertiary alicyclic amines) is 2. The molecule has 5 rings (SSSR count). The Bertz CT molecular complexity index is 1450.